The van der Waals surface area contributed by atoms with Gasteiger partial charge in [0.25, 0.3) is 0 Å². The summed E-state index contributed by atoms with van der Waals surface area (Å²) in [4.78, 5) is 10.8. The normalized spacial score (nSPS) is 11.8. The Kier molecular flexibility index (Phi) is 7.40. The van der Waals surface area contributed by atoms with Crippen molar-refractivity contribution in [3.05, 3.63) is 194 Å². The third-order valence-corrected chi connectivity index (χ3v) is 12.7. The van der Waals surface area contributed by atoms with Crippen molar-refractivity contribution in [3.63, 3.8) is 0 Å². The van der Waals surface area contributed by atoms with Crippen LogP contribution >= 0.6 is 11.3 Å². The molecular formula is C54H32N2OS. The number of hydrogen-bond acceptors (Lipinski definition) is 4. The summed E-state index contributed by atoms with van der Waals surface area (Å²) in [6.07, 6.45) is 0. The lowest BCUT2D eigenvalue weighted by atomic mass is 9.95. The second-order valence-electron chi connectivity index (χ2n) is 14.9. The van der Waals surface area contributed by atoms with Crippen LogP contribution in [0.5, 0.6) is 0 Å². The number of fused-ring (bicyclic) bond motifs is 8. The molecule has 0 saturated heterocycles. The number of hydrogen-bond donors (Lipinski definition) is 0. The van der Waals surface area contributed by atoms with Crippen molar-refractivity contribution in [3.8, 4) is 56.0 Å². The van der Waals surface area contributed by atoms with Crippen LogP contribution in [-0.4, -0.2) is 9.97 Å². The minimum absolute atomic E-state index is 0.684. The molecule has 0 atom stereocenters. The van der Waals surface area contributed by atoms with Crippen LogP contribution in [-0.2, 0) is 0 Å². The van der Waals surface area contributed by atoms with Gasteiger partial charge in [0.15, 0.2) is 5.82 Å². The van der Waals surface area contributed by atoms with Gasteiger partial charge in [0, 0.05) is 32.0 Å². The van der Waals surface area contributed by atoms with E-state index >= 15 is 0 Å². The van der Waals surface area contributed by atoms with Crippen LogP contribution in [0.15, 0.2) is 199 Å². The smallest absolute Gasteiger partial charge is 0.161 e. The first kappa shape index (κ1) is 32.8. The summed E-state index contributed by atoms with van der Waals surface area (Å²) in [7, 11) is 0. The van der Waals surface area contributed by atoms with E-state index in [9.17, 15) is 0 Å². The van der Waals surface area contributed by atoms with E-state index < -0.39 is 0 Å². The van der Waals surface area contributed by atoms with E-state index in [0.717, 1.165) is 65.5 Å². The van der Waals surface area contributed by atoms with Gasteiger partial charge in [0.2, 0.25) is 0 Å². The number of thiophene rings is 1. The van der Waals surface area contributed by atoms with Crippen molar-refractivity contribution >= 4 is 75.1 Å². The number of aromatic nitrogens is 2. The molecule has 0 aliphatic rings. The van der Waals surface area contributed by atoms with E-state index in [1.54, 1.807) is 11.3 Å². The number of rotatable bonds is 5. The summed E-state index contributed by atoms with van der Waals surface area (Å²) in [5.74, 6) is 0.684. The van der Waals surface area contributed by atoms with E-state index in [2.05, 4.69) is 182 Å². The maximum Gasteiger partial charge on any atom is 0.161 e. The fourth-order valence-electron chi connectivity index (χ4n) is 8.62. The summed E-state index contributed by atoms with van der Waals surface area (Å²) >= 11 is 1.76. The van der Waals surface area contributed by atoms with Crippen LogP contribution in [0, 0.1) is 0 Å². The summed E-state index contributed by atoms with van der Waals surface area (Å²) in [6.45, 7) is 0. The molecule has 0 radical (unpaired) electrons. The number of nitrogens with zero attached hydrogens (tertiary/aromatic N) is 2. The maximum absolute atomic E-state index is 6.52. The van der Waals surface area contributed by atoms with Gasteiger partial charge in [0.05, 0.1) is 15.9 Å². The fraction of sp³-hybridized carbons (Fsp3) is 0. The van der Waals surface area contributed by atoms with E-state index in [0.29, 0.717) is 5.82 Å². The number of benzene rings is 9. The lowest BCUT2D eigenvalue weighted by Gasteiger charge is -2.10. The summed E-state index contributed by atoms with van der Waals surface area (Å²) in [5, 5.41) is 8.07. The SMILES string of the molecule is c1ccc(-c2ccc3cc(-c4nc(-c5cccc6oc7ccc(-c8ccc(-c9cccc%10ccccc9%10)cc8)cc7c56)nc5c4sc4ccccc45)ccc3c2)cc1. The van der Waals surface area contributed by atoms with E-state index in [-0.39, 0.29) is 0 Å². The van der Waals surface area contributed by atoms with Crippen LogP contribution in [0.1, 0.15) is 0 Å². The Balaban J connectivity index is 1.00. The summed E-state index contributed by atoms with van der Waals surface area (Å²) in [6, 6.07) is 69.2. The van der Waals surface area contributed by atoms with Crippen LogP contribution in [0.25, 0.3) is 120 Å². The lowest BCUT2D eigenvalue weighted by molar-refractivity contribution is 0.669. The van der Waals surface area contributed by atoms with Gasteiger partial charge in [-0.3, -0.25) is 0 Å². The van der Waals surface area contributed by atoms with Gasteiger partial charge >= 0.3 is 0 Å². The van der Waals surface area contributed by atoms with Crippen molar-refractivity contribution < 1.29 is 4.42 Å². The first-order valence-corrected chi connectivity index (χ1v) is 20.4. The van der Waals surface area contributed by atoms with Gasteiger partial charge in [0.1, 0.15) is 11.2 Å². The highest BCUT2D eigenvalue weighted by Gasteiger charge is 2.20. The van der Waals surface area contributed by atoms with Crippen LogP contribution in [0.4, 0.5) is 0 Å². The molecule has 9 aromatic carbocycles. The molecule has 0 N–H and O–H groups in total. The Hall–Kier alpha value is -7.40. The molecule has 0 aliphatic heterocycles. The second-order valence-corrected chi connectivity index (χ2v) is 16.0. The molecule has 0 bridgehead atoms. The monoisotopic (exact) mass is 756 g/mol. The Morgan fingerprint density at radius 1 is 0.379 bits per heavy atom. The quantitative estimate of drug-likeness (QED) is 0.176. The molecule has 12 aromatic rings. The predicted molar refractivity (Wildman–Crippen MR) is 244 cm³/mol. The number of furan rings is 1. The Labute approximate surface area is 338 Å². The molecule has 0 amide bonds. The topological polar surface area (TPSA) is 38.9 Å². The van der Waals surface area contributed by atoms with Gasteiger partial charge in [-0.15, -0.1) is 11.3 Å². The molecule has 3 aromatic heterocycles. The van der Waals surface area contributed by atoms with E-state index in [1.807, 2.05) is 12.1 Å². The highest BCUT2D eigenvalue weighted by Crippen LogP contribution is 2.43. The molecule has 0 aliphatic carbocycles. The zero-order valence-corrected chi connectivity index (χ0v) is 32.0. The van der Waals surface area contributed by atoms with Gasteiger partial charge < -0.3 is 4.42 Å². The molecule has 0 unspecified atom stereocenters. The zero-order valence-electron chi connectivity index (χ0n) is 31.2. The van der Waals surface area contributed by atoms with Gasteiger partial charge in [-0.25, -0.2) is 9.97 Å². The Bertz CT molecular complexity index is 3560. The van der Waals surface area contributed by atoms with E-state index in [4.69, 9.17) is 14.4 Å². The average molecular weight is 757 g/mol. The van der Waals surface area contributed by atoms with Crippen LogP contribution < -0.4 is 0 Å². The molecule has 3 nitrogen and oxygen atoms in total. The average Bonchev–Trinajstić information content (AvgIpc) is 3.87. The molecule has 3 heterocycles. The summed E-state index contributed by atoms with van der Waals surface area (Å²) < 4.78 is 8.80. The Morgan fingerprint density at radius 3 is 1.90 bits per heavy atom. The zero-order chi connectivity index (χ0) is 38.2. The molecule has 4 heteroatoms. The van der Waals surface area contributed by atoms with Crippen LogP contribution in [0.3, 0.4) is 0 Å². The largest absolute Gasteiger partial charge is 0.456 e. The minimum Gasteiger partial charge on any atom is -0.456 e. The molecular weight excluding hydrogens is 725 g/mol. The maximum atomic E-state index is 6.52. The first-order chi connectivity index (χ1) is 28.7. The van der Waals surface area contributed by atoms with Crippen molar-refractivity contribution in [1.29, 1.82) is 0 Å². The first-order valence-electron chi connectivity index (χ1n) is 19.5. The molecule has 0 saturated carbocycles. The predicted octanol–water partition coefficient (Wildman–Crippen LogP) is 15.4. The highest BCUT2D eigenvalue weighted by molar-refractivity contribution is 7.26. The molecule has 0 fully saturated rings. The summed E-state index contributed by atoms with van der Waals surface area (Å²) in [5.41, 5.74) is 12.7. The molecule has 270 valence electrons. The van der Waals surface area contributed by atoms with Gasteiger partial charge in [-0.2, -0.15) is 0 Å². The third-order valence-electron chi connectivity index (χ3n) is 11.5. The van der Waals surface area contributed by atoms with E-state index in [1.165, 1.54) is 48.5 Å². The van der Waals surface area contributed by atoms with Crippen molar-refractivity contribution in [2.24, 2.45) is 0 Å². The van der Waals surface area contributed by atoms with Crippen LogP contribution in [0.2, 0.25) is 0 Å². The minimum atomic E-state index is 0.684. The molecule has 0 spiro atoms. The molecule has 58 heavy (non-hydrogen) atoms. The van der Waals surface area contributed by atoms with Gasteiger partial charge in [-0.05, 0) is 91.3 Å². The van der Waals surface area contributed by atoms with Crippen molar-refractivity contribution in [1.82, 2.24) is 9.97 Å². The highest BCUT2D eigenvalue weighted by atomic mass is 32.1. The second kappa shape index (κ2) is 13.1. The van der Waals surface area contributed by atoms with Crippen molar-refractivity contribution in [2.75, 3.05) is 0 Å². The van der Waals surface area contributed by atoms with Crippen molar-refractivity contribution in [2.45, 2.75) is 0 Å². The lowest BCUT2D eigenvalue weighted by Crippen LogP contribution is -1.94. The third kappa shape index (κ3) is 5.34. The molecule has 12 rings (SSSR count). The van der Waals surface area contributed by atoms with Gasteiger partial charge in [-0.1, -0.05) is 158 Å². The Morgan fingerprint density at radius 2 is 1.02 bits per heavy atom. The fourth-order valence-corrected chi connectivity index (χ4v) is 9.78. The standard InChI is InChI=1S/C54H32N2OS/c1-2-10-33(11-3-1)37-24-25-39-31-41(27-26-38(39)30-37)51-53-52(44-15-6-7-19-49(44)58-53)56-54(55-51)45-17-9-18-48-50(45)46-32-40(28-29-47(46)57-48)34-20-22-36(23-21-34)43-16-8-13-35-12-4-5-14-42(35)43/h1-32H.